The van der Waals surface area contributed by atoms with Gasteiger partial charge in [0.2, 0.25) is 0 Å². The highest BCUT2D eigenvalue weighted by Gasteiger charge is 2.12. The predicted octanol–water partition coefficient (Wildman–Crippen LogP) is 0.607. The van der Waals surface area contributed by atoms with Gasteiger partial charge in [-0.1, -0.05) is 11.6 Å². The van der Waals surface area contributed by atoms with Crippen molar-refractivity contribution in [2.45, 2.75) is 0 Å². The first kappa shape index (κ1) is 11.5. The van der Waals surface area contributed by atoms with Crippen LogP contribution in [0.3, 0.4) is 0 Å². The standard InChI is InChI=1S/C9H8ClN5O2/c1-17-13-9(16)8-11-14-15(12-8)7-4-2-6(10)3-5-7/h2-5H,1H3,(H,13,16). The van der Waals surface area contributed by atoms with Crippen LogP contribution < -0.4 is 5.48 Å². The van der Waals surface area contributed by atoms with Crippen LogP contribution in [0.15, 0.2) is 24.3 Å². The maximum Gasteiger partial charge on any atom is 0.316 e. The minimum Gasteiger partial charge on any atom is -0.277 e. The van der Waals surface area contributed by atoms with Crippen molar-refractivity contribution in [3.8, 4) is 5.69 Å². The van der Waals surface area contributed by atoms with Crippen LogP contribution in [-0.4, -0.2) is 33.2 Å². The molecule has 0 fully saturated rings. The highest BCUT2D eigenvalue weighted by Crippen LogP contribution is 2.11. The number of nitrogens with one attached hydrogen (secondary N) is 1. The van der Waals surface area contributed by atoms with E-state index in [-0.39, 0.29) is 5.82 Å². The fourth-order valence-electron chi connectivity index (χ4n) is 1.13. The number of amides is 1. The quantitative estimate of drug-likeness (QED) is 0.811. The van der Waals surface area contributed by atoms with E-state index in [1.54, 1.807) is 24.3 Å². The summed E-state index contributed by atoms with van der Waals surface area (Å²) in [6.07, 6.45) is 0. The molecule has 0 aliphatic heterocycles. The zero-order valence-electron chi connectivity index (χ0n) is 8.79. The number of carbonyl (C=O) groups excluding carboxylic acids is 1. The fourth-order valence-corrected chi connectivity index (χ4v) is 1.25. The topological polar surface area (TPSA) is 81.9 Å². The van der Waals surface area contributed by atoms with Crippen LogP contribution in [0.5, 0.6) is 0 Å². The SMILES string of the molecule is CONC(=O)c1nnn(-c2ccc(Cl)cc2)n1. The number of hydroxylamine groups is 1. The van der Waals surface area contributed by atoms with Gasteiger partial charge in [-0.25, -0.2) is 5.48 Å². The number of tetrazole rings is 1. The van der Waals surface area contributed by atoms with E-state index >= 15 is 0 Å². The molecule has 2 aromatic rings. The van der Waals surface area contributed by atoms with Crippen LogP contribution in [0.2, 0.25) is 5.02 Å². The number of aromatic nitrogens is 4. The van der Waals surface area contributed by atoms with Crippen molar-refractivity contribution in [1.29, 1.82) is 0 Å². The number of benzene rings is 1. The molecule has 0 bridgehead atoms. The van der Waals surface area contributed by atoms with Crippen molar-refractivity contribution < 1.29 is 9.63 Å². The molecule has 1 aromatic carbocycles. The van der Waals surface area contributed by atoms with Crippen LogP contribution in [0.1, 0.15) is 10.6 Å². The van der Waals surface area contributed by atoms with Crippen LogP contribution in [-0.2, 0) is 4.84 Å². The predicted molar refractivity (Wildman–Crippen MR) is 58.6 cm³/mol. The minimum absolute atomic E-state index is 0.0817. The average molecular weight is 254 g/mol. The highest BCUT2D eigenvalue weighted by molar-refractivity contribution is 6.30. The second-order valence-corrected chi connectivity index (χ2v) is 3.45. The van der Waals surface area contributed by atoms with E-state index in [1.807, 2.05) is 0 Å². The van der Waals surface area contributed by atoms with Crippen molar-refractivity contribution in [3.63, 3.8) is 0 Å². The molecule has 1 aromatic heterocycles. The molecule has 1 N–H and O–H groups in total. The summed E-state index contributed by atoms with van der Waals surface area (Å²) in [5.41, 5.74) is 2.75. The van der Waals surface area contributed by atoms with Gasteiger partial charge in [0, 0.05) is 5.02 Å². The lowest BCUT2D eigenvalue weighted by Gasteiger charge is -1.97. The lowest BCUT2D eigenvalue weighted by atomic mass is 10.3. The molecular formula is C9H8ClN5O2. The Balaban J connectivity index is 2.23. The van der Waals surface area contributed by atoms with E-state index < -0.39 is 5.91 Å². The Kier molecular flexibility index (Phi) is 3.31. The third-order valence-corrected chi connectivity index (χ3v) is 2.12. The summed E-state index contributed by atoms with van der Waals surface area (Å²) < 4.78 is 0. The van der Waals surface area contributed by atoms with Gasteiger partial charge in [-0.3, -0.25) is 9.63 Å². The number of nitrogens with zero attached hydrogens (tertiary/aromatic N) is 4. The summed E-state index contributed by atoms with van der Waals surface area (Å²) in [4.78, 5) is 17.0. The molecule has 1 amide bonds. The first-order chi connectivity index (χ1) is 8.20. The van der Waals surface area contributed by atoms with Gasteiger partial charge in [0.1, 0.15) is 0 Å². The lowest BCUT2D eigenvalue weighted by Crippen LogP contribution is -2.23. The molecule has 17 heavy (non-hydrogen) atoms. The van der Waals surface area contributed by atoms with Gasteiger partial charge >= 0.3 is 5.91 Å². The number of carbonyl (C=O) groups is 1. The van der Waals surface area contributed by atoms with Gasteiger partial charge in [0.05, 0.1) is 12.8 Å². The largest absolute Gasteiger partial charge is 0.316 e. The van der Waals surface area contributed by atoms with Gasteiger partial charge in [0.25, 0.3) is 5.82 Å². The van der Waals surface area contributed by atoms with E-state index in [0.717, 1.165) is 0 Å². The molecule has 0 aliphatic rings. The van der Waals surface area contributed by atoms with E-state index in [1.165, 1.54) is 11.9 Å². The van der Waals surface area contributed by atoms with Gasteiger partial charge < -0.3 is 0 Å². The number of hydrogen-bond donors (Lipinski definition) is 1. The van der Waals surface area contributed by atoms with E-state index in [2.05, 4.69) is 25.7 Å². The second-order valence-electron chi connectivity index (χ2n) is 3.01. The number of hydrogen-bond acceptors (Lipinski definition) is 5. The zero-order chi connectivity index (χ0) is 12.3. The Morgan fingerprint density at radius 3 is 2.76 bits per heavy atom. The average Bonchev–Trinajstić information content (AvgIpc) is 2.80. The summed E-state index contributed by atoms with van der Waals surface area (Å²) in [7, 11) is 1.32. The maximum atomic E-state index is 11.3. The molecule has 2 rings (SSSR count). The smallest absolute Gasteiger partial charge is 0.277 e. The maximum absolute atomic E-state index is 11.3. The van der Waals surface area contributed by atoms with Crippen molar-refractivity contribution in [1.82, 2.24) is 25.7 Å². The first-order valence-corrected chi connectivity index (χ1v) is 4.98. The minimum atomic E-state index is -0.562. The zero-order valence-corrected chi connectivity index (χ0v) is 9.55. The van der Waals surface area contributed by atoms with Crippen molar-refractivity contribution in [2.24, 2.45) is 0 Å². The van der Waals surface area contributed by atoms with Crippen LogP contribution in [0.4, 0.5) is 0 Å². The van der Waals surface area contributed by atoms with Gasteiger partial charge in [-0.05, 0) is 29.5 Å². The molecule has 7 nitrogen and oxygen atoms in total. The number of rotatable bonds is 3. The molecule has 0 spiro atoms. The molecule has 88 valence electrons. The molecule has 0 atom stereocenters. The van der Waals surface area contributed by atoms with Crippen molar-refractivity contribution in [3.05, 3.63) is 35.1 Å². The summed E-state index contributed by atoms with van der Waals surface area (Å²) in [6, 6.07) is 6.80. The number of halogens is 1. The summed E-state index contributed by atoms with van der Waals surface area (Å²) in [6.45, 7) is 0. The molecule has 1 heterocycles. The van der Waals surface area contributed by atoms with Crippen molar-refractivity contribution >= 4 is 17.5 Å². The second kappa shape index (κ2) is 4.89. The van der Waals surface area contributed by atoms with Crippen LogP contribution in [0, 0.1) is 0 Å². The highest BCUT2D eigenvalue weighted by atomic mass is 35.5. The Labute approximate surface area is 101 Å². The summed E-state index contributed by atoms with van der Waals surface area (Å²) >= 11 is 5.75. The summed E-state index contributed by atoms with van der Waals surface area (Å²) in [5, 5.41) is 11.8. The van der Waals surface area contributed by atoms with Gasteiger partial charge in [-0.2, -0.15) is 0 Å². The van der Waals surface area contributed by atoms with Gasteiger partial charge in [0.15, 0.2) is 0 Å². The Morgan fingerprint density at radius 1 is 1.41 bits per heavy atom. The first-order valence-electron chi connectivity index (χ1n) is 4.60. The molecule has 0 radical (unpaired) electrons. The van der Waals surface area contributed by atoms with Gasteiger partial charge in [-0.15, -0.1) is 15.0 Å². The molecule has 0 saturated heterocycles. The van der Waals surface area contributed by atoms with Crippen LogP contribution in [0.25, 0.3) is 5.69 Å². The van der Waals surface area contributed by atoms with E-state index in [4.69, 9.17) is 11.6 Å². The molecule has 0 aliphatic carbocycles. The van der Waals surface area contributed by atoms with E-state index in [0.29, 0.717) is 10.7 Å². The molecule has 0 unspecified atom stereocenters. The van der Waals surface area contributed by atoms with E-state index in [9.17, 15) is 4.79 Å². The third-order valence-electron chi connectivity index (χ3n) is 1.87. The molecule has 0 saturated carbocycles. The fraction of sp³-hybridized carbons (Fsp3) is 0.111. The normalized spacial score (nSPS) is 10.2. The Morgan fingerprint density at radius 2 is 2.12 bits per heavy atom. The summed E-state index contributed by atoms with van der Waals surface area (Å²) in [5.74, 6) is -0.644. The Bertz CT molecular complexity index is 524. The molecular weight excluding hydrogens is 246 g/mol. The third kappa shape index (κ3) is 2.58. The van der Waals surface area contributed by atoms with Crippen LogP contribution >= 0.6 is 11.6 Å². The lowest BCUT2D eigenvalue weighted by molar-refractivity contribution is 0.0526. The van der Waals surface area contributed by atoms with Crippen molar-refractivity contribution in [2.75, 3.05) is 7.11 Å². The molecule has 8 heteroatoms. The Hall–Kier alpha value is -1.99. The monoisotopic (exact) mass is 253 g/mol.